The highest BCUT2D eigenvalue weighted by molar-refractivity contribution is 8.19. The molecule has 0 saturated carbocycles. The molecule has 2 aromatic rings. The van der Waals surface area contributed by atoms with E-state index >= 15 is 0 Å². The van der Waals surface area contributed by atoms with Crippen LogP contribution in [-0.4, -0.2) is 23.4 Å². The number of benzene rings is 2. The molecule has 0 unspecified atom stereocenters. The van der Waals surface area contributed by atoms with Crippen LogP contribution in [0.4, 0.5) is 10.5 Å². The Kier molecular flexibility index (Phi) is 4.08. The molecule has 1 N–H and O–H groups in total. The Labute approximate surface area is 137 Å². The number of hydrogen-bond acceptors (Lipinski definition) is 5. The fraction of sp³-hybridized carbons (Fsp3) is 0.0588. The summed E-state index contributed by atoms with van der Waals surface area (Å²) in [5.41, 5.74) is 0.941. The van der Waals surface area contributed by atoms with Gasteiger partial charge in [0.15, 0.2) is 11.5 Å². The molecule has 0 bridgehead atoms. The molecule has 0 atom stereocenters. The lowest BCUT2D eigenvalue weighted by Gasteiger charge is -2.11. The van der Waals surface area contributed by atoms with Gasteiger partial charge in [-0.05, 0) is 36.0 Å². The summed E-state index contributed by atoms with van der Waals surface area (Å²) in [6, 6.07) is 13.7. The molecule has 0 aromatic heterocycles. The molecular weight excluding hydrogens is 314 g/mol. The molecule has 1 aliphatic rings. The molecule has 0 radical (unpaired) electrons. The number of carbonyl (C=O) groups is 2. The number of rotatable bonds is 3. The van der Waals surface area contributed by atoms with Crippen LogP contribution in [0.3, 0.4) is 0 Å². The zero-order chi connectivity index (χ0) is 16.4. The van der Waals surface area contributed by atoms with Gasteiger partial charge in [-0.1, -0.05) is 30.3 Å². The summed E-state index contributed by atoms with van der Waals surface area (Å²) >= 11 is 0.840. The van der Waals surface area contributed by atoms with E-state index in [0.29, 0.717) is 17.0 Å². The lowest BCUT2D eigenvalue weighted by Crippen LogP contribution is -2.27. The third-order valence-corrected chi connectivity index (χ3v) is 4.21. The van der Waals surface area contributed by atoms with Crippen LogP contribution in [0.5, 0.6) is 11.5 Å². The predicted molar refractivity (Wildman–Crippen MR) is 89.6 cm³/mol. The number of phenols is 1. The average molecular weight is 327 g/mol. The van der Waals surface area contributed by atoms with Gasteiger partial charge in [0.25, 0.3) is 11.1 Å². The van der Waals surface area contributed by atoms with Crippen molar-refractivity contribution in [1.82, 2.24) is 0 Å². The summed E-state index contributed by atoms with van der Waals surface area (Å²) in [4.78, 5) is 26.0. The third kappa shape index (κ3) is 2.80. The minimum Gasteiger partial charge on any atom is -0.504 e. The molecule has 1 fully saturated rings. The molecule has 116 valence electrons. The monoisotopic (exact) mass is 327 g/mol. The van der Waals surface area contributed by atoms with E-state index in [2.05, 4.69) is 0 Å². The first-order valence-corrected chi connectivity index (χ1v) is 7.62. The van der Waals surface area contributed by atoms with E-state index in [4.69, 9.17) is 4.74 Å². The number of aromatic hydroxyl groups is 1. The van der Waals surface area contributed by atoms with E-state index in [1.807, 2.05) is 6.07 Å². The molecule has 3 rings (SSSR count). The van der Waals surface area contributed by atoms with Gasteiger partial charge in [-0.25, -0.2) is 4.90 Å². The van der Waals surface area contributed by atoms with Gasteiger partial charge in [-0.3, -0.25) is 9.59 Å². The van der Waals surface area contributed by atoms with Crippen LogP contribution in [0.25, 0.3) is 6.08 Å². The Morgan fingerprint density at radius 1 is 1.09 bits per heavy atom. The van der Waals surface area contributed by atoms with Crippen LogP contribution < -0.4 is 9.64 Å². The summed E-state index contributed by atoms with van der Waals surface area (Å²) in [7, 11) is 1.45. The van der Waals surface area contributed by atoms with Crippen LogP contribution in [0.2, 0.25) is 0 Å². The van der Waals surface area contributed by atoms with Crippen molar-refractivity contribution >= 4 is 34.7 Å². The fourth-order valence-electron chi connectivity index (χ4n) is 2.23. The molecule has 2 amide bonds. The largest absolute Gasteiger partial charge is 0.504 e. The average Bonchev–Trinajstić information content (AvgIpc) is 2.84. The normalized spacial score (nSPS) is 16.2. The Hall–Kier alpha value is -2.73. The number of carbonyl (C=O) groups excluding carboxylic acids is 2. The van der Waals surface area contributed by atoms with Gasteiger partial charge in [-0.2, -0.15) is 0 Å². The molecule has 2 aromatic carbocycles. The van der Waals surface area contributed by atoms with E-state index in [1.54, 1.807) is 42.5 Å². The first kappa shape index (κ1) is 15.2. The molecular formula is C17H13NO4S. The number of thioether (sulfide) groups is 1. The quantitative estimate of drug-likeness (QED) is 0.872. The zero-order valence-corrected chi connectivity index (χ0v) is 13.0. The van der Waals surface area contributed by atoms with Crippen LogP contribution in [0.1, 0.15) is 5.56 Å². The molecule has 1 heterocycles. The Morgan fingerprint density at radius 3 is 2.52 bits per heavy atom. The van der Waals surface area contributed by atoms with Crippen molar-refractivity contribution in [3.8, 4) is 11.5 Å². The number of para-hydroxylation sites is 2. The van der Waals surface area contributed by atoms with Crippen molar-refractivity contribution in [2.24, 2.45) is 0 Å². The van der Waals surface area contributed by atoms with E-state index in [0.717, 1.165) is 16.7 Å². The van der Waals surface area contributed by atoms with Crippen LogP contribution >= 0.6 is 11.8 Å². The minimum atomic E-state index is -0.409. The Balaban J connectivity index is 1.97. The number of phenolic OH excluding ortho intramolecular Hbond substituents is 1. The first-order chi connectivity index (χ1) is 11.1. The van der Waals surface area contributed by atoms with Crippen molar-refractivity contribution in [3.05, 3.63) is 59.0 Å². The standard InChI is InChI=1S/C17H13NO4S/c1-22-13-9-5-6-11(15(13)19)10-14-16(20)18(17(21)23-14)12-7-3-2-4-8-12/h2-10,19H,1H3/b14-10-. The van der Waals surface area contributed by atoms with E-state index in [9.17, 15) is 14.7 Å². The third-order valence-electron chi connectivity index (χ3n) is 3.34. The van der Waals surface area contributed by atoms with Gasteiger partial charge in [0, 0.05) is 5.56 Å². The van der Waals surface area contributed by atoms with E-state index in [1.165, 1.54) is 13.2 Å². The summed E-state index contributed by atoms with van der Waals surface area (Å²) in [6.45, 7) is 0. The number of ether oxygens (including phenoxy) is 1. The molecule has 5 nitrogen and oxygen atoms in total. The van der Waals surface area contributed by atoms with Crippen LogP contribution in [0.15, 0.2) is 53.4 Å². The highest BCUT2D eigenvalue weighted by atomic mass is 32.2. The Morgan fingerprint density at radius 2 is 1.83 bits per heavy atom. The lowest BCUT2D eigenvalue weighted by atomic mass is 10.1. The van der Waals surface area contributed by atoms with Crippen molar-refractivity contribution in [1.29, 1.82) is 0 Å². The second kappa shape index (κ2) is 6.18. The van der Waals surface area contributed by atoms with Crippen molar-refractivity contribution in [2.45, 2.75) is 0 Å². The van der Waals surface area contributed by atoms with E-state index < -0.39 is 5.91 Å². The highest BCUT2D eigenvalue weighted by Gasteiger charge is 2.36. The van der Waals surface area contributed by atoms with Crippen molar-refractivity contribution in [2.75, 3.05) is 12.0 Å². The van der Waals surface area contributed by atoms with Crippen LogP contribution in [0, 0.1) is 0 Å². The number of imide groups is 1. The number of amides is 2. The summed E-state index contributed by atoms with van der Waals surface area (Å²) in [5.74, 6) is -0.170. The van der Waals surface area contributed by atoms with Gasteiger partial charge in [0.05, 0.1) is 17.7 Å². The number of methoxy groups -OCH3 is 1. The second-order valence-electron chi connectivity index (χ2n) is 4.75. The number of nitrogens with zero attached hydrogens (tertiary/aromatic N) is 1. The predicted octanol–water partition coefficient (Wildman–Crippen LogP) is 3.64. The first-order valence-electron chi connectivity index (χ1n) is 6.81. The fourth-order valence-corrected chi connectivity index (χ4v) is 3.06. The Bertz CT molecular complexity index is 801. The van der Waals surface area contributed by atoms with Crippen LogP contribution in [-0.2, 0) is 4.79 Å². The van der Waals surface area contributed by atoms with Gasteiger partial charge in [-0.15, -0.1) is 0 Å². The highest BCUT2D eigenvalue weighted by Crippen LogP contribution is 2.38. The number of hydrogen-bond donors (Lipinski definition) is 1. The molecule has 0 aliphatic carbocycles. The molecule has 23 heavy (non-hydrogen) atoms. The maximum absolute atomic E-state index is 12.5. The molecule has 0 spiro atoms. The molecule has 6 heteroatoms. The second-order valence-corrected chi connectivity index (χ2v) is 5.74. The van der Waals surface area contributed by atoms with Gasteiger partial charge in [0.2, 0.25) is 0 Å². The molecule has 1 saturated heterocycles. The van der Waals surface area contributed by atoms with E-state index in [-0.39, 0.29) is 15.9 Å². The van der Waals surface area contributed by atoms with Gasteiger partial charge < -0.3 is 9.84 Å². The lowest BCUT2D eigenvalue weighted by molar-refractivity contribution is -0.113. The smallest absolute Gasteiger partial charge is 0.298 e. The SMILES string of the molecule is COc1cccc(/C=C2\SC(=O)N(c3ccccc3)C2=O)c1O. The van der Waals surface area contributed by atoms with Crippen molar-refractivity contribution in [3.63, 3.8) is 0 Å². The van der Waals surface area contributed by atoms with Gasteiger partial charge >= 0.3 is 0 Å². The number of anilines is 1. The maximum Gasteiger partial charge on any atom is 0.298 e. The summed E-state index contributed by atoms with van der Waals surface area (Å²) in [5, 5.41) is 9.73. The van der Waals surface area contributed by atoms with Gasteiger partial charge in [0.1, 0.15) is 0 Å². The van der Waals surface area contributed by atoms with Crippen molar-refractivity contribution < 1.29 is 19.4 Å². The minimum absolute atomic E-state index is 0.0680. The maximum atomic E-state index is 12.5. The topological polar surface area (TPSA) is 66.8 Å². The molecule has 1 aliphatic heterocycles. The summed E-state index contributed by atoms with van der Waals surface area (Å²) in [6.07, 6.45) is 1.49. The summed E-state index contributed by atoms with van der Waals surface area (Å²) < 4.78 is 5.04. The zero-order valence-electron chi connectivity index (χ0n) is 12.2.